The lowest BCUT2D eigenvalue weighted by Gasteiger charge is -2.34. The number of methoxy groups -OCH3 is 1. The van der Waals surface area contributed by atoms with Crippen LogP contribution in [0.1, 0.15) is 42.5 Å². The zero-order chi connectivity index (χ0) is 20.1. The number of benzene rings is 1. The normalized spacial score (nSPS) is 17.2. The number of fused-ring (bicyclic) bond motifs is 1. The van der Waals surface area contributed by atoms with Gasteiger partial charge in [0, 0.05) is 42.0 Å². The SMILES string of the molecule is COc1ccccc1/C=C/C(=O)NC1CCN(c2ncnc3c2CCCC3)CC1. The fraction of sp³-hybridized carbons (Fsp3) is 0.435. The van der Waals surface area contributed by atoms with Gasteiger partial charge in [-0.2, -0.15) is 0 Å². The van der Waals surface area contributed by atoms with Crippen LogP contribution in [0.5, 0.6) is 5.75 Å². The van der Waals surface area contributed by atoms with Crippen molar-refractivity contribution in [2.75, 3.05) is 25.1 Å². The minimum atomic E-state index is -0.0613. The van der Waals surface area contributed by atoms with Gasteiger partial charge in [-0.1, -0.05) is 18.2 Å². The third kappa shape index (κ3) is 4.58. The highest BCUT2D eigenvalue weighted by atomic mass is 16.5. The van der Waals surface area contributed by atoms with Crippen molar-refractivity contribution in [1.29, 1.82) is 0 Å². The van der Waals surface area contributed by atoms with Gasteiger partial charge in [-0.25, -0.2) is 9.97 Å². The zero-order valence-electron chi connectivity index (χ0n) is 16.9. The maximum absolute atomic E-state index is 12.4. The van der Waals surface area contributed by atoms with Crippen molar-refractivity contribution < 1.29 is 9.53 Å². The fourth-order valence-corrected chi connectivity index (χ4v) is 4.23. The van der Waals surface area contributed by atoms with Crippen molar-refractivity contribution in [3.8, 4) is 5.75 Å². The van der Waals surface area contributed by atoms with E-state index in [1.54, 1.807) is 25.6 Å². The highest BCUT2D eigenvalue weighted by Gasteiger charge is 2.25. The standard InChI is InChI=1S/C23H28N4O2/c1-29-21-9-5-2-6-17(21)10-11-22(28)26-18-12-14-27(15-13-18)23-19-7-3-4-8-20(19)24-16-25-23/h2,5-6,9-11,16,18H,3-4,7-8,12-15H2,1H3,(H,26,28)/b11-10+. The van der Waals surface area contributed by atoms with E-state index < -0.39 is 0 Å². The summed E-state index contributed by atoms with van der Waals surface area (Å²) < 4.78 is 5.32. The van der Waals surface area contributed by atoms with Crippen molar-refractivity contribution in [2.24, 2.45) is 0 Å². The van der Waals surface area contributed by atoms with Crippen LogP contribution >= 0.6 is 0 Å². The lowest BCUT2D eigenvalue weighted by Crippen LogP contribution is -2.45. The third-order valence-electron chi connectivity index (χ3n) is 5.80. The second-order valence-electron chi connectivity index (χ2n) is 7.67. The zero-order valence-corrected chi connectivity index (χ0v) is 16.9. The third-order valence-corrected chi connectivity index (χ3v) is 5.80. The molecular formula is C23H28N4O2. The quantitative estimate of drug-likeness (QED) is 0.792. The summed E-state index contributed by atoms with van der Waals surface area (Å²) in [5, 5.41) is 3.13. The van der Waals surface area contributed by atoms with Gasteiger partial charge in [-0.3, -0.25) is 4.79 Å². The van der Waals surface area contributed by atoms with Gasteiger partial charge in [0.15, 0.2) is 0 Å². The molecule has 1 aliphatic carbocycles. The molecule has 0 spiro atoms. The second-order valence-corrected chi connectivity index (χ2v) is 7.67. The van der Waals surface area contributed by atoms with E-state index in [1.807, 2.05) is 24.3 Å². The highest BCUT2D eigenvalue weighted by molar-refractivity contribution is 5.92. The molecule has 4 rings (SSSR count). The summed E-state index contributed by atoms with van der Waals surface area (Å²) in [6.07, 6.45) is 11.5. The monoisotopic (exact) mass is 392 g/mol. The number of nitrogens with one attached hydrogen (secondary N) is 1. The Morgan fingerprint density at radius 3 is 2.79 bits per heavy atom. The van der Waals surface area contributed by atoms with Gasteiger partial charge in [0.2, 0.25) is 5.91 Å². The number of anilines is 1. The number of carbonyl (C=O) groups is 1. The van der Waals surface area contributed by atoms with Crippen LogP contribution in [0.25, 0.3) is 6.08 Å². The average molecular weight is 393 g/mol. The van der Waals surface area contributed by atoms with Crippen LogP contribution in [0.15, 0.2) is 36.7 Å². The van der Waals surface area contributed by atoms with Crippen LogP contribution in [-0.4, -0.2) is 42.1 Å². The van der Waals surface area contributed by atoms with E-state index in [0.29, 0.717) is 0 Å². The van der Waals surface area contributed by atoms with Crippen molar-refractivity contribution >= 4 is 17.8 Å². The largest absolute Gasteiger partial charge is 0.496 e. The Morgan fingerprint density at radius 1 is 1.17 bits per heavy atom. The van der Waals surface area contributed by atoms with Gasteiger partial charge < -0.3 is 15.0 Å². The van der Waals surface area contributed by atoms with Gasteiger partial charge in [-0.05, 0) is 50.7 Å². The highest BCUT2D eigenvalue weighted by Crippen LogP contribution is 2.28. The van der Waals surface area contributed by atoms with Gasteiger partial charge in [-0.15, -0.1) is 0 Å². The first-order chi connectivity index (χ1) is 14.2. The molecule has 1 aromatic heterocycles. The van der Waals surface area contributed by atoms with Crippen molar-refractivity contribution in [3.63, 3.8) is 0 Å². The van der Waals surface area contributed by atoms with E-state index in [1.165, 1.54) is 24.1 Å². The van der Waals surface area contributed by atoms with Crippen LogP contribution in [0.4, 0.5) is 5.82 Å². The molecule has 0 unspecified atom stereocenters. The molecule has 2 aliphatic rings. The molecule has 1 fully saturated rings. The van der Waals surface area contributed by atoms with E-state index in [0.717, 1.165) is 55.9 Å². The molecule has 1 amide bonds. The van der Waals surface area contributed by atoms with Crippen LogP contribution < -0.4 is 15.0 Å². The summed E-state index contributed by atoms with van der Waals surface area (Å²) >= 11 is 0. The van der Waals surface area contributed by atoms with Crippen LogP contribution in [0.3, 0.4) is 0 Å². The number of hydrogen-bond donors (Lipinski definition) is 1. The van der Waals surface area contributed by atoms with Crippen LogP contribution in [-0.2, 0) is 17.6 Å². The molecule has 29 heavy (non-hydrogen) atoms. The Balaban J connectivity index is 1.32. The molecule has 152 valence electrons. The first-order valence-corrected chi connectivity index (χ1v) is 10.4. The molecule has 1 aromatic carbocycles. The Labute approximate surface area is 172 Å². The summed E-state index contributed by atoms with van der Waals surface area (Å²) in [4.78, 5) is 23.8. The molecule has 0 bridgehead atoms. The predicted octanol–water partition coefficient (Wildman–Crippen LogP) is 3.16. The number of carbonyl (C=O) groups excluding carboxylic acids is 1. The van der Waals surface area contributed by atoms with Crippen LogP contribution in [0, 0.1) is 0 Å². The van der Waals surface area contributed by atoms with E-state index >= 15 is 0 Å². The molecule has 6 nitrogen and oxygen atoms in total. The average Bonchev–Trinajstić information content (AvgIpc) is 2.78. The Hall–Kier alpha value is -2.89. The molecule has 2 heterocycles. The molecule has 1 saturated heterocycles. The van der Waals surface area contributed by atoms with E-state index in [9.17, 15) is 4.79 Å². The molecule has 0 saturated carbocycles. The number of amides is 1. The predicted molar refractivity (Wildman–Crippen MR) is 114 cm³/mol. The first kappa shape index (κ1) is 19.4. The van der Waals surface area contributed by atoms with E-state index in [2.05, 4.69) is 20.2 Å². The van der Waals surface area contributed by atoms with Gasteiger partial charge in [0.05, 0.1) is 7.11 Å². The minimum absolute atomic E-state index is 0.0613. The summed E-state index contributed by atoms with van der Waals surface area (Å²) in [6, 6.07) is 7.86. The number of nitrogens with zero attached hydrogens (tertiary/aromatic N) is 3. The lowest BCUT2D eigenvalue weighted by molar-refractivity contribution is -0.117. The molecule has 6 heteroatoms. The topological polar surface area (TPSA) is 67.3 Å². The summed E-state index contributed by atoms with van der Waals surface area (Å²) in [5.41, 5.74) is 3.45. The van der Waals surface area contributed by atoms with Gasteiger partial charge >= 0.3 is 0 Å². The maximum Gasteiger partial charge on any atom is 0.244 e. The molecule has 2 aromatic rings. The molecule has 0 atom stereocenters. The summed E-state index contributed by atoms with van der Waals surface area (Å²) in [7, 11) is 1.63. The van der Waals surface area contributed by atoms with E-state index in [-0.39, 0.29) is 11.9 Å². The molecular weight excluding hydrogens is 364 g/mol. The molecule has 1 N–H and O–H groups in total. The summed E-state index contributed by atoms with van der Waals surface area (Å²) in [6.45, 7) is 1.81. The van der Waals surface area contributed by atoms with Crippen molar-refractivity contribution in [1.82, 2.24) is 15.3 Å². The smallest absolute Gasteiger partial charge is 0.244 e. The lowest BCUT2D eigenvalue weighted by atomic mass is 9.95. The second kappa shape index (κ2) is 9.07. The number of piperidine rings is 1. The number of aryl methyl sites for hydroxylation is 1. The van der Waals surface area contributed by atoms with E-state index in [4.69, 9.17) is 4.74 Å². The number of aromatic nitrogens is 2. The maximum atomic E-state index is 12.4. The molecule has 1 aliphatic heterocycles. The molecule has 0 radical (unpaired) electrons. The Kier molecular flexibility index (Phi) is 6.08. The number of hydrogen-bond acceptors (Lipinski definition) is 5. The summed E-state index contributed by atoms with van der Waals surface area (Å²) in [5.74, 6) is 1.81. The van der Waals surface area contributed by atoms with Crippen molar-refractivity contribution in [2.45, 2.75) is 44.6 Å². The van der Waals surface area contributed by atoms with Crippen molar-refractivity contribution in [3.05, 3.63) is 53.5 Å². The Morgan fingerprint density at radius 2 is 1.97 bits per heavy atom. The fourth-order valence-electron chi connectivity index (χ4n) is 4.23. The number of ether oxygens (including phenoxy) is 1. The number of rotatable bonds is 5. The van der Waals surface area contributed by atoms with Gasteiger partial charge in [0.25, 0.3) is 0 Å². The first-order valence-electron chi connectivity index (χ1n) is 10.4. The Bertz CT molecular complexity index is 888. The van der Waals surface area contributed by atoms with Crippen LogP contribution in [0.2, 0.25) is 0 Å². The number of para-hydroxylation sites is 1. The van der Waals surface area contributed by atoms with Gasteiger partial charge in [0.1, 0.15) is 17.9 Å². The minimum Gasteiger partial charge on any atom is -0.496 e.